The van der Waals surface area contributed by atoms with Crippen LogP contribution in [-0.4, -0.2) is 58.6 Å². The van der Waals surface area contributed by atoms with E-state index < -0.39 is 0 Å². The van der Waals surface area contributed by atoms with E-state index in [0.717, 1.165) is 83.1 Å². The number of piperidine rings is 2. The van der Waals surface area contributed by atoms with Gasteiger partial charge in [-0.3, -0.25) is 0 Å². The third-order valence-electron chi connectivity index (χ3n) is 8.93. The fourth-order valence-electron chi connectivity index (χ4n) is 6.29. The van der Waals surface area contributed by atoms with Crippen LogP contribution in [0.5, 0.6) is 0 Å². The number of nitrogens with zero attached hydrogens (tertiary/aromatic N) is 6. The predicted octanol–water partition coefficient (Wildman–Crippen LogP) is 9.36. The highest BCUT2D eigenvalue weighted by molar-refractivity contribution is 7.98. The van der Waals surface area contributed by atoms with Crippen molar-refractivity contribution in [2.75, 3.05) is 48.5 Å². The lowest BCUT2D eigenvalue weighted by Crippen LogP contribution is -2.31. The second-order valence-electron chi connectivity index (χ2n) is 12.0. The summed E-state index contributed by atoms with van der Waals surface area (Å²) in [6.45, 7) is 3.98. The first-order valence-corrected chi connectivity index (χ1v) is 18.8. The zero-order chi connectivity index (χ0) is 31.3. The van der Waals surface area contributed by atoms with Crippen molar-refractivity contribution in [1.82, 2.24) is 19.9 Å². The molecule has 0 radical (unpaired) electrons. The molecule has 4 heterocycles. The number of anilines is 2. The molecule has 0 unspecified atom stereocenters. The molecule has 0 atom stereocenters. The molecule has 234 valence electrons. The number of hydrogen-bond donors (Lipinski definition) is 0. The minimum atomic E-state index is 0.817. The molecule has 0 aliphatic carbocycles. The Hall–Kier alpha value is -3.88. The highest BCUT2D eigenvalue weighted by Gasteiger charge is 2.19. The van der Waals surface area contributed by atoms with Gasteiger partial charge in [0.2, 0.25) is 11.9 Å². The van der Waals surface area contributed by atoms with Crippen LogP contribution < -0.4 is 9.80 Å². The van der Waals surface area contributed by atoms with Crippen LogP contribution in [0.15, 0.2) is 94.7 Å². The molecule has 2 saturated heterocycles. The lowest BCUT2D eigenvalue weighted by atomic mass is 10.0. The SMILES string of the molecule is CSc1ccc(-c2cc(-c3cccc(-c4cc(-c5ccc(SC)cc5)nc(N5CCCCC5)n4)c3)nc(N3CCCCC3)n2)cc1. The lowest BCUT2D eigenvalue weighted by molar-refractivity contribution is 0.568. The third kappa shape index (κ3) is 6.93. The molecule has 6 nitrogen and oxygen atoms in total. The third-order valence-corrected chi connectivity index (χ3v) is 10.4. The van der Waals surface area contributed by atoms with Gasteiger partial charge in [-0.25, -0.2) is 19.9 Å². The Labute approximate surface area is 281 Å². The van der Waals surface area contributed by atoms with Crippen molar-refractivity contribution in [1.29, 1.82) is 0 Å². The fraction of sp³-hybridized carbons (Fsp3) is 0.316. The van der Waals surface area contributed by atoms with E-state index in [0.29, 0.717) is 0 Å². The molecule has 8 heteroatoms. The maximum absolute atomic E-state index is 5.16. The molecule has 0 saturated carbocycles. The van der Waals surface area contributed by atoms with Crippen molar-refractivity contribution in [2.45, 2.75) is 48.3 Å². The van der Waals surface area contributed by atoms with Crippen LogP contribution in [0.1, 0.15) is 38.5 Å². The zero-order valence-corrected chi connectivity index (χ0v) is 28.3. The van der Waals surface area contributed by atoms with Gasteiger partial charge < -0.3 is 9.80 Å². The Morgan fingerprint density at radius 3 is 1.17 bits per heavy atom. The lowest BCUT2D eigenvalue weighted by Gasteiger charge is -2.27. The summed E-state index contributed by atoms with van der Waals surface area (Å²) in [5.74, 6) is 1.63. The van der Waals surface area contributed by atoms with Crippen LogP contribution in [0.2, 0.25) is 0 Å². The van der Waals surface area contributed by atoms with Gasteiger partial charge in [-0.05, 0) is 93.5 Å². The molecule has 3 aromatic carbocycles. The molecule has 0 amide bonds. The summed E-state index contributed by atoms with van der Waals surface area (Å²) in [5.41, 5.74) is 8.10. The van der Waals surface area contributed by atoms with E-state index in [2.05, 4.69) is 107 Å². The first kappa shape index (κ1) is 30.8. The zero-order valence-electron chi connectivity index (χ0n) is 26.7. The minimum Gasteiger partial charge on any atom is -0.341 e. The highest BCUT2D eigenvalue weighted by Crippen LogP contribution is 2.33. The molecule has 5 aromatic rings. The van der Waals surface area contributed by atoms with Crippen LogP contribution in [-0.2, 0) is 0 Å². The van der Waals surface area contributed by atoms with Crippen LogP contribution in [0.3, 0.4) is 0 Å². The van der Waals surface area contributed by atoms with Crippen LogP contribution >= 0.6 is 23.5 Å². The van der Waals surface area contributed by atoms with E-state index in [-0.39, 0.29) is 0 Å². The number of thioether (sulfide) groups is 2. The molecule has 0 spiro atoms. The maximum Gasteiger partial charge on any atom is 0.226 e. The van der Waals surface area contributed by atoms with Gasteiger partial charge in [-0.2, -0.15) is 0 Å². The van der Waals surface area contributed by atoms with Gasteiger partial charge in [0.15, 0.2) is 0 Å². The summed E-state index contributed by atoms with van der Waals surface area (Å²) < 4.78 is 0. The Morgan fingerprint density at radius 1 is 0.435 bits per heavy atom. The average molecular weight is 645 g/mol. The van der Waals surface area contributed by atoms with Crippen LogP contribution in [0.25, 0.3) is 45.0 Å². The van der Waals surface area contributed by atoms with Gasteiger partial charge in [0, 0.05) is 58.2 Å². The van der Waals surface area contributed by atoms with Gasteiger partial charge in [-0.1, -0.05) is 42.5 Å². The van der Waals surface area contributed by atoms with Crippen molar-refractivity contribution in [3.63, 3.8) is 0 Å². The van der Waals surface area contributed by atoms with E-state index in [1.807, 2.05) is 0 Å². The maximum atomic E-state index is 5.16. The summed E-state index contributed by atoms with van der Waals surface area (Å²) in [6, 6.07) is 30.3. The van der Waals surface area contributed by atoms with E-state index >= 15 is 0 Å². The first-order valence-electron chi connectivity index (χ1n) is 16.3. The molecule has 2 aliphatic heterocycles. The Kier molecular flexibility index (Phi) is 9.54. The molecular weight excluding hydrogens is 605 g/mol. The molecule has 2 aliphatic rings. The number of aromatic nitrogens is 4. The molecule has 0 N–H and O–H groups in total. The van der Waals surface area contributed by atoms with E-state index in [4.69, 9.17) is 19.9 Å². The standard InChI is InChI=1S/C38H40N6S2/c1-45-31-16-12-27(13-17-31)33-25-35(41-37(39-33)43-20-5-3-6-21-43)29-10-9-11-30(24-29)36-26-34(28-14-18-32(46-2)19-15-28)40-38(42-36)44-22-7-4-8-23-44/h9-19,24-26H,3-8,20-23H2,1-2H3. The molecular formula is C38H40N6S2. The van der Waals surface area contributed by atoms with E-state index in [9.17, 15) is 0 Å². The summed E-state index contributed by atoms with van der Waals surface area (Å²) in [6.07, 6.45) is 11.5. The molecule has 2 fully saturated rings. The Morgan fingerprint density at radius 2 is 0.804 bits per heavy atom. The van der Waals surface area contributed by atoms with Gasteiger partial charge in [0.1, 0.15) is 0 Å². The molecule has 2 aromatic heterocycles. The van der Waals surface area contributed by atoms with Crippen molar-refractivity contribution < 1.29 is 0 Å². The first-order chi connectivity index (χ1) is 22.7. The van der Waals surface area contributed by atoms with E-state index in [1.54, 1.807) is 23.5 Å². The second-order valence-corrected chi connectivity index (χ2v) is 13.8. The summed E-state index contributed by atoms with van der Waals surface area (Å²) in [5, 5.41) is 0. The normalized spacial score (nSPS) is 15.3. The van der Waals surface area contributed by atoms with Gasteiger partial charge in [-0.15, -0.1) is 23.5 Å². The topological polar surface area (TPSA) is 58.0 Å². The number of rotatable bonds is 8. The molecule has 7 rings (SSSR count). The summed E-state index contributed by atoms with van der Waals surface area (Å²) in [7, 11) is 0. The molecule has 46 heavy (non-hydrogen) atoms. The Balaban J connectivity index is 1.30. The van der Waals surface area contributed by atoms with Crippen molar-refractivity contribution in [3.8, 4) is 45.0 Å². The summed E-state index contributed by atoms with van der Waals surface area (Å²) >= 11 is 3.51. The van der Waals surface area contributed by atoms with Crippen LogP contribution in [0, 0.1) is 0 Å². The second kappa shape index (κ2) is 14.3. The van der Waals surface area contributed by atoms with Gasteiger partial charge in [0.25, 0.3) is 0 Å². The number of hydrogen-bond acceptors (Lipinski definition) is 8. The van der Waals surface area contributed by atoms with Crippen molar-refractivity contribution in [3.05, 3.63) is 84.9 Å². The quantitative estimate of drug-likeness (QED) is 0.155. The van der Waals surface area contributed by atoms with E-state index in [1.165, 1.54) is 48.3 Å². The van der Waals surface area contributed by atoms with Gasteiger partial charge in [0.05, 0.1) is 22.8 Å². The minimum absolute atomic E-state index is 0.817. The highest BCUT2D eigenvalue weighted by atomic mass is 32.2. The predicted molar refractivity (Wildman–Crippen MR) is 195 cm³/mol. The van der Waals surface area contributed by atoms with Crippen molar-refractivity contribution in [2.24, 2.45) is 0 Å². The van der Waals surface area contributed by atoms with Crippen LogP contribution in [0.4, 0.5) is 11.9 Å². The largest absolute Gasteiger partial charge is 0.341 e. The Bertz CT molecular complexity index is 1650. The summed E-state index contributed by atoms with van der Waals surface area (Å²) in [4.78, 5) is 27.7. The average Bonchev–Trinajstić information content (AvgIpc) is 3.15. The smallest absolute Gasteiger partial charge is 0.226 e. The van der Waals surface area contributed by atoms with Crippen molar-refractivity contribution >= 4 is 35.4 Å². The van der Waals surface area contributed by atoms with Gasteiger partial charge >= 0.3 is 0 Å². The fourth-order valence-corrected chi connectivity index (χ4v) is 7.11. The monoisotopic (exact) mass is 644 g/mol. The molecule has 0 bridgehead atoms. The number of benzene rings is 3.